The fourth-order valence-electron chi connectivity index (χ4n) is 2.85. The Balaban J connectivity index is 0.00000392. The van der Waals surface area contributed by atoms with Crippen molar-refractivity contribution in [2.45, 2.75) is 49.3 Å². The molecule has 2 rings (SSSR count). The summed E-state index contributed by atoms with van der Waals surface area (Å²) in [6.45, 7) is 6.89. The number of sulfonamides is 1. The van der Waals surface area contributed by atoms with Gasteiger partial charge >= 0.3 is 0 Å². The van der Waals surface area contributed by atoms with Crippen molar-refractivity contribution in [3.8, 4) is 0 Å². The molecule has 1 heterocycles. The molecule has 2 N–H and O–H groups in total. The van der Waals surface area contributed by atoms with E-state index in [1.807, 2.05) is 6.07 Å². The minimum absolute atomic E-state index is 0. The Bertz CT molecular complexity index is 748. The van der Waals surface area contributed by atoms with Gasteiger partial charge in [-0.1, -0.05) is 18.6 Å². The predicted octanol–water partition coefficient (Wildman–Crippen LogP) is 3.29. The lowest BCUT2D eigenvalue weighted by Crippen LogP contribution is -2.43. The standard InChI is InChI=1S/C19H32N4O2S2.HI/c1-19(2,26-4)15-22-18(20-3)21-14-16-9-8-10-17(13-16)27(24,25)23-11-6-5-7-12-23;/h8-10,13H,5-7,11-12,14-15H2,1-4H3,(H2,20,21,22);1H. The zero-order chi connectivity index (χ0) is 19.9. The van der Waals surface area contributed by atoms with E-state index in [0.717, 1.165) is 31.4 Å². The first-order valence-corrected chi connectivity index (χ1v) is 12.0. The molecule has 0 unspecified atom stereocenters. The van der Waals surface area contributed by atoms with Gasteiger partial charge < -0.3 is 10.6 Å². The van der Waals surface area contributed by atoms with Gasteiger partial charge in [-0.3, -0.25) is 4.99 Å². The van der Waals surface area contributed by atoms with Gasteiger partial charge in [0.05, 0.1) is 4.90 Å². The van der Waals surface area contributed by atoms with Crippen LogP contribution in [0, 0.1) is 0 Å². The summed E-state index contributed by atoms with van der Waals surface area (Å²) in [6, 6.07) is 7.18. The molecule has 0 aliphatic carbocycles. The van der Waals surface area contributed by atoms with E-state index in [4.69, 9.17) is 0 Å². The van der Waals surface area contributed by atoms with Gasteiger partial charge in [-0.25, -0.2) is 8.42 Å². The van der Waals surface area contributed by atoms with Gasteiger partial charge in [-0.15, -0.1) is 24.0 Å². The summed E-state index contributed by atoms with van der Waals surface area (Å²) >= 11 is 1.80. The molecule has 1 fully saturated rings. The van der Waals surface area contributed by atoms with Gasteiger partial charge in [-0.2, -0.15) is 16.1 Å². The molecule has 1 aromatic rings. The summed E-state index contributed by atoms with van der Waals surface area (Å²) < 4.78 is 27.4. The third-order valence-electron chi connectivity index (χ3n) is 4.77. The molecule has 0 saturated carbocycles. The van der Waals surface area contributed by atoms with E-state index in [-0.39, 0.29) is 28.7 Å². The molecular weight excluding hydrogens is 507 g/mol. The second-order valence-electron chi connectivity index (χ2n) is 7.36. The molecule has 0 atom stereocenters. The normalized spacial score (nSPS) is 16.4. The van der Waals surface area contributed by atoms with Gasteiger partial charge in [0, 0.05) is 38.0 Å². The number of piperidine rings is 1. The van der Waals surface area contributed by atoms with Crippen LogP contribution in [0.2, 0.25) is 0 Å². The fraction of sp³-hybridized carbons (Fsp3) is 0.632. The van der Waals surface area contributed by atoms with Crippen LogP contribution in [0.1, 0.15) is 38.7 Å². The Morgan fingerprint density at radius 3 is 2.50 bits per heavy atom. The lowest BCUT2D eigenvalue weighted by Gasteiger charge is -2.26. The molecule has 1 saturated heterocycles. The molecule has 0 bridgehead atoms. The zero-order valence-corrected chi connectivity index (χ0v) is 21.2. The number of hydrogen-bond donors (Lipinski definition) is 2. The highest BCUT2D eigenvalue weighted by Gasteiger charge is 2.26. The van der Waals surface area contributed by atoms with Gasteiger partial charge in [0.25, 0.3) is 0 Å². The molecule has 28 heavy (non-hydrogen) atoms. The summed E-state index contributed by atoms with van der Waals surface area (Å²) in [5.74, 6) is 0.710. The van der Waals surface area contributed by atoms with Crippen LogP contribution in [-0.4, -0.2) is 56.4 Å². The predicted molar refractivity (Wildman–Crippen MR) is 130 cm³/mol. The van der Waals surface area contributed by atoms with E-state index in [1.54, 1.807) is 41.3 Å². The van der Waals surface area contributed by atoms with Crippen LogP contribution in [0.15, 0.2) is 34.2 Å². The number of halogens is 1. The molecule has 6 nitrogen and oxygen atoms in total. The number of benzene rings is 1. The van der Waals surface area contributed by atoms with Crippen LogP contribution in [0.25, 0.3) is 0 Å². The highest BCUT2D eigenvalue weighted by molar-refractivity contribution is 14.0. The summed E-state index contributed by atoms with van der Waals surface area (Å²) in [5, 5.41) is 6.58. The molecule has 9 heteroatoms. The maximum absolute atomic E-state index is 12.8. The average Bonchev–Trinajstić information content (AvgIpc) is 2.69. The fourth-order valence-corrected chi connectivity index (χ4v) is 4.65. The maximum atomic E-state index is 12.8. The smallest absolute Gasteiger partial charge is 0.243 e. The van der Waals surface area contributed by atoms with E-state index in [2.05, 4.69) is 35.7 Å². The molecule has 0 radical (unpaired) electrons. The number of rotatable bonds is 7. The Labute approximate surface area is 191 Å². The number of nitrogens with zero attached hydrogens (tertiary/aromatic N) is 2. The third kappa shape index (κ3) is 7.38. The first-order valence-electron chi connectivity index (χ1n) is 9.37. The van der Waals surface area contributed by atoms with Crippen LogP contribution in [-0.2, 0) is 16.6 Å². The van der Waals surface area contributed by atoms with Gasteiger partial charge in [0.1, 0.15) is 0 Å². The Kier molecular flexibility index (Phi) is 10.6. The molecule has 1 aliphatic heterocycles. The topological polar surface area (TPSA) is 73.8 Å². The molecule has 1 aromatic carbocycles. The number of aliphatic imine (C=N–C) groups is 1. The SMILES string of the molecule is CN=C(NCc1cccc(S(=O)(=O)N2CCCCC2)c1)NCC(C)(C)SC.I. The minimum atomic E-state index is -3.40. The maximum Gasteiger partial charge on any atom is 0.243 e. The van der Waals surface area contributed by atoms with Crippen molar-refractivity contribution >= 4 is 51.7 Å². The van der Waals surface area contributed by atoms with Crippen molar-refractivity contribution in [2.24, 2.45) is 4.99 Å². The number of nitrogens with one attached hydrogen (secondary N) is 2. The summed E-state index contributed by atoms with van der Waals surface area (Å²) in [4.78, 5) is 4.61. The van der Waals surface area contributed by atoms with Crippen LogP contribution in [0.5, 0.6) is 0 Å². The molecule has 0 amide bonds. The number of hydrogen-bond acceptors (Lipinski definition) is 4. The van der Waals surface area contributed by atoms with Crippen molar-refractivity contribution in [3.05, 3.63) is 29.8 Å². The van der Waals surface area contributed by atoms with Crippen molar-refractivity contribution < 1.29 is 8.42 Å². The molecule has 1 aliphatic rings. The molecule has 0 spiro atoms. The van der Waals surface area contributed by atoms with Crippen molar-refractivity contribution in [1.29, 1.82) is 0 Å². The minimum Gasteiger partial charge on any atom is -0.355 e. The summed E-state index contributed by atoms with van der Waals surface area (Å²) in [5.41, 5.74) is 0.917. The first-order chi connectivity index (χ1) is 12.8. The Morgan fingerprint density at radius 1 is 1.21 bits per heavy atom. The number of guanidine groups is 1. The van der Waals surface area contributed by atoms with Gasteiger partial charge in [0.2, 0.25) is 10.0 Å². The largest absolute Gasteiger partial charge is 0.355 e. The van der Waals surface area contributed by atoms with Crippen LogP contribution >= 0.6 is 35.7 Å². The molecular formula is C19H33IN4O2S2. The number of thioether (sulfide) groups is 1. The molecule has 0 aromatic heterocycles. The Morgan fingerprint density at radius 2 is 1.89 bits per heavy atom. The van der Waals surface area contributed by atoms with Crippen molar-refractivity contribution in [1.82, 2.24) is 14.9 Å². The van der Waals surface area contributed by atoms with Crippen LogP contribution < -0.4 is 10.6 Å². The monoisotopic (exact) mass is 540 g/mol. The summed E-state index contributed by atoms with van der Waals surface area (Å²) in [7, 11) is -1.67. The summed E-state index contributed by atoms with van der Waals surface area (Å²) in [6.07, 6.45) is 5.07. The van der Waals surface area contributed by atoms with E-state index < -0.39 is 10.0 Å². The Hall–Kier alpha value is -0.520. The lowest BCUT2D eigenvalue weighted by atomic mass is 10.2. The molecule has 160 valence electrons. The quantitative estimate of drug-likeness (QED) is 0.316. The van der Waals surface area contributed by atoms with E-state index >= 15 is 0 Å². The van der Waals surface area contributed by atoms with Crippen LogP contribution in [0.4, 0.5) is 0 Å². The second-order valence-corrected chi connectivity index (χ2v) is 10.8. The van der Waals surface area contributed by atoms with Crippen LogP contribution in [0.3, 0.4) is 0 Å². The van der Waals surface area contributed by atoms with Crippen molar-refractivity contribution in [2.75, 3.05) is 32.9 Å². The van der Waals surface area contributed by atoms with E-state index in [1.165, 1.54) is 0 Å². The first kappa shape index (κ1) is 25.5. The van der Waals surface area contributed by atoms with Crippen molar-refractivity contribution in [3.63, 3.8) is 0 Å². The van der Waals surface area contributed by atoms with Gasteiger partial charge in [0.15, 0.2) is 5.96 Å². The second kappa shape index (κ2) is 11.6. The third-order valence-corrected chi connectivity index (χ3v) is 7.91. The average molecular weight is 541 g/mol. The lowest BCUT2D eigenvalue weighted by molar-refractivity contribution is 0.346. The zero-order valence-electron chi connectivity index (χ0n) is 17.2. The highest BCUT2D eigenvalue weighted by Crippen LogP contribution is 2.21. The van der Waals surface area contributed by atoms with E-state index in [0.29, 0.717) is 30.5 Å². The van der Waals surface area contributed by atoms with Gasteiger partial charge in [-0.05, 0) is 50.6 Å². The highest BCUT2D eigenvalue weighted by atomic mass is 127. The van der Waals surface area contributed by atoms with E-state index in [9.17, 15) is 8.42 Å².